The summed E-state index contributed by atoms with van der Waals surface area (Å²) < 4.78 is 4.41. The van der Waals surface area contributed by atoms with E-state index in [2.05, 4.69) is 94.6 Å². The highest BCUT2D eigenvalue weighted by Crippen LogP contribution is 2.35. The number of carbonyl (C=O) groups is 1. The molecule has 3 aromatic rings. The Morgan fingerprint density at radius 1 is 0.838 bits per heavy atom. The normalized spacial score (nSPS) is 12.3. The van der Waals surface area contributed by atoms with E-state index in [1.54, 1.807) is 24.3 Å². The molecule has 0 aliphatic heterocycles. The summed E-state index contributed by atoms with van der Waals surface area (Å²) in [6.45, 7) is 16.5. The first-order valence-electron chi connectivity index (χ1n) is 12.2. The summed E-state index contributed by atoms with van der Waals surface area (Å²) in [4.78, 5) is 15.4. The number of fused-ring (bicyclic) bond motifs is 1. The largest absolute Gasteiger partial charge is 0.478 e. The van der Waals surface area contributed by atoms with Crippen LogP contribution >= 0.6 is 0 Å². The predicted octanol–water partition coefficient (Wildman–Crippen LogP) is 5.78. The van der Waals surface area contributed by atoms with Gasteiger partial charge in [0, 0.05) is 39.3 Å². The Kier molecular flexibility index (Phi) is 7.40. The minimum atomic E-state index is -1.05. The topological polar surface area (TPSA) is 90.7 Å². The van der Waals surface area contributed by atoms with Crippen LogP contribution in [0.2, 0.25) is 0 Å². The molecule has 0 fully saturated rings. The number of carboxylic acid groups (broad SMARTS) is 1. The SMILES string of the molecule is C=C(C(=O)O)c1ccc(N=NN=c2n(C(C)(C)C)c3cc(N(C)C)c(N(C)C)cc3n2C(C)(C)C)cc1. The second-order valence-electron chi connectivity index (χ2n) is 11.6. The van der Waals surface area contributed by atoms with E-state index in [1.807, 2.05) is 28.2 Å². The lowest BCUT2D eigenvalue weighted by Crippen LogP contribution is -2.40. The van der Waals surface area contributed by atoms with Gasteiger partial charge in [0.25, 0.3) is 0 Å². The van der Waals surface area contributed by atoms with Crippen LogP contribution in [0.4, 0.5) is 17.1 Å². The van der Waals surface area contributed by atoms with Gasteiger partial charge in [-0.2, -0.15) is 0 Å². The molecule has 37 heavy (non-hydrogen) atoms. The molecule has 0 saturated heterocycles. The number of benzene rings is 2. The molecule has 1 N–H and O–H groups in total. The summed E-state index contributed by atoms with van der Waals surface area (Å²) >= 11 is 0. The van der Waals surface area contributed by atoms with Gasteiger partial charge in [-0.15, -0.1) is 5.11 Å². The monoisotopic (exact) mass is 505 g/mol. The summed E-state index contributed by atoms with van der Waals surface area (Å²) in [6, 6.07) is 11.2. The minimum absolute atomic E-state index is 0.0308. The van der Waals surface area contributed by atoms with Crippen LogP contribution in [0.1, 0.15) is 47.1 Å². The van der Waals surface area contributed by atoms with E-state index >= 15 is 0 Å². The fraction of sp³-hybridized carbons (Fsp3) is 0.429. The number of hydrogen-bond acceptors (Lipinski definition) is 5. The lowest BCUT2D eigenvalue weighted by molar-refractivity contribution is -0.130. The van der Waals surface area contributed by atoms with Gasteiger partial charge in [0.1, 0.15) is 0 Å². The van der Waals surface area contributed by atoms with Crippen molar-refractivity contribution in [3.05, 3.63) is 54.2 Å². The molecule has 0 aliphatic rings. The summed E-state index contributed by atoms with van der Waals surface area (Å²) in [7, 11) is 8.19. The molecule has 3 rings (SSSR count). The highest BCUT2D eigenvalue weighted by atomic mass is 16.4. The van der Waals surface area contributed by atoms with Crippen LogP contribution in [0.5, 0.6) is 0 Å². The lowest BCUT2D eigenvalue weighted by Gasteiger charge is -2.25. The van der Waals surface area contributed by atoms with Crippen molar-refractivity contribution in [1.82, 2.24) is 9.13 Å². The van der Waals surface area contributed by atoms with Crippen LogP contribution in [-0.2, 0) is 15.9 Å². The summed E-state index contributed by atoms with van der Waals surface area (Å²) in [5.74, 6) is -1.05. The molecular weight excluding hydrogens is 466 g/mol. The predicted molar refractivity (Wildman–Crippen MR) is 152 cm³/mol. The number of anilines is 2. The Bertz CT molecular complexity index is 1360. The van der Waals surface area contributed by atoms with Crippen LogP contribution in [0.3, 0.4) is 0 Å². The minimum Gasteiger partial charge on any atom is -0.478 e. The van der Waals surface area contributed by atoms with Crippen molar-refractivity contribution in [2.24, 2.45) is 15.4 Å². The number of rotatable bonds is 6. The molecule has 0 radical (unpaired) electrons. The fourth-order valence-corrected chi connectivity index (χ4v) is 4.32. The zero-order valence-electron chi connectivity index (χ0n) is 23.7. The standard InChI is InChI=1S/C28H39N7O2/c1-18(25(36)37)19-12-14-20(15-13-19)29-31-30-26-34(27(2,3)4)23-16-21(32(8)9)22(33(10)11)17-24(23)35(26)28(5,6)7/h12-17H,1H2,2-11H3,(H,36,37). The van der Waals surface area contributed by atoms with Crippen molar-refractivity contribution in [3.63, 3.8) is 0 Å². The fourth-order valence-electron chi connectivity index (χ4n) is 4.32. The first kappa shape index (κ1) is 27.7. The maximum Gasteiger partial charge on any atom is 0.335 e. The maximum absolute atomic E-state index is 11.2. The molecule has 0 bridgehead atoms. The Morgan fingerprint density at radius 3 is 1.62 bits per heavy atom. The molecule has 9 heteroatoms. The van der Waals surface area contributed by atoms with Crippen LogP contribution in [0.25, 0.3) is 16.6 Å². The Balaban J connectivity index is 2.30. The van der Waals surface area contributed by atoms with Crippen LogP contribution < -0.4 is 15.4 Å². The zero-order chi connectivity index (χ0) is 27.9. The zero-order valence-corrected chi connectivity index (χ0v) is 23.7. The average molecular weight is 506 g/mol. The quantitative estimate of drug-likeness (QED) is 0.261. The van der Waals surface area contributed by atoms with Gasteiger partial charge in [-0.05, 0) is 76.6 Å². The molecular formula is C28H39N7O2. The van der Waals surface area contributed by atoms with E-state index in [0.717, 1.165) is 22.4 Å². The van der Waals surface area contributed by atoms with Gasteiger partial charge in [-0.3, -0.25) is 0 Å². The molecule has 1 heterocycles. The molecule has 0 aliphatic carbocycles. The van der Waals surface area contributed by atoms with E-state index in [4.69, 9.17) is 5.11 Å². The second kappa shape index (κ2) is 9.88. The van der Waals surface area contributed by atoms with Gasteiger partial charge in [0.2, 0.25) is 5.62 Å². The van der Waals surface area contributed by atoms with E-state index in [1.165, 1.54) is 0 Å². The molecule has 0 spiro atoms. The number of imidazole rings is 1. The van der Waals surface area contributed by atoms with Crippen LogP contribution in [0, 0.1) is 0 Å². The molecule has 0 saturated carbocycles. The average Bonchev–Trinajstić information content (AvgIpc) is 3.11. The Labute approximate surface area is 219 Å². The van der Waals surface area contributed by atoms with Crippen LogP contribution in [0.15, 0.2) is 58.4 Å². The first-order valence-corrected chi connectivity index (χ1v) is 12.2. The molecule has 198 valence electrons. The highest BCUT2D eigenvalue weighted by molar-refractivity contribution is 6.14. The Morgan fingerprint density at radius 2 is 1.27 bits per heavy atom. The lowest BCUT2D eigenvalue weighted by atomic mass is 10.1. The molecule has 9 nitrogen and oxygen atoms in total. The van der Waals surface area contributed by atoms with Crippen molar-refractivity contribution in [2.75, 3.05) is 38.0 Å². The molecule has 0 amide bonds. The number of hydrogen-bond donors (Lipinski definition) is 1. The van der Waals surface area contributed by atoms with Crippen molar-refractivity contribution in [2.45, 2.75) is 52.6 Å². The van der Waals surface area contributed by atoms with E-state index in [-0.39, 0.29) is 16.7 Å². The van der Waals surface area contributed by atoms with Crippen molar-refractivity contribution in [3.8, 4) is 0 Å². The first-order chi connectivity index (χ1) is 17.0. The highest BCUT2D eigenvalue weighted by Gasteiger charge is 2.28. The van der Waals surface area contributed by atoms with Gasteiger partial charge in [-0.25, -0.2) is 4.79 Å². The van der Waals surface area contributed by atoms with Gasteiger partial charge < -0.3 is 24.0 Å². The molecule has 0 atom stereocenters. The number of nitrogens with zero attached hydrogens (tertiary/aromatic N) is 7. The summed E-state index contributed by atoms with van der Waals surface area (Å²) in [5, 5.41) is 22.3. The number of carboxylic acids is 1. The van der Waals surface area contributed by atoms with Crippen molar-refractivity contribution in [1.29, 1.82) is 0 Å². The Hall–Kier alpha value is -3.88. The summed E-state index contributed by atoms with van der Waals surface area (Å²) in [5.41, 5.74) is 5.57. The third kappa shape index (κ3) is 5.60. The van der Waals surface area contributed by atoms with Crippen molar-refractivity contribution < 1.29 is 9.90 Å². The van der Waals surface area contributed by atoms with Gasteiger partial charge in [0.15, 0.2) is 0 Å². The second-order valence-corrected chi connectivity index (χ2v) is 11.6. The van der Waals surface area contributed by atoms with E-state index in [0.29, 0.717) is 16.9 Å². The van der Waals surface area contributed by atoms with Gasteiger partial charge in [0.05, 0.1) is 33.7 Å². The number of aromatic nitrogens is 2. The maximum atomic E-state index is 11.2. The van der Waals surface area contributed by atoms with Crippen LogP contribution in [-0.4, -0.2) is 48.4 Å². The molecule has 0 unspecified atom stereocenters. The van der Waals surface area contributed by atoms with E-state index < -0.39 is 5.97 Å². The molecule has 1 aromatic heterocycles. The van der Waals surface area contributed by atoms with E-state index in [9.17, 15) is 4.79 Å². The van der Waals surface area contributed by atoms with Gasteiger partial charge in [-0.1, -0.05) is 23.8 Å². The number of aliphatic carboxylic acids is 1. The third-order valence-electron chi connectivity index (χ3n) is 6.03. The van der Waals surface area contributed by atoms with Crippen molar-refractivity contribution >= 4 is 39.6 Å². The third-order valence-corrected chi connectivity index (χ3v) is 6.03. The summed E-state index contributed by atoms with van der Waals surface area (Å²) in [6.07, 6.45) is 0. The smallest absolute Gasteiger partial charge is 0.335 e. The van der Waals surface area contributed by atoms with Gasteiger partial charge >= 0.3 is 5.97 Å². The molecule has 2 aromatic carbocycles.